The van der Waals surface area contributed by atoms with E-state index in [1.165, 1.54) is 0 Å². The molecule has 0 radical (unpaired) electrons. The van der Waals surface area contributed by atoms with Crippen LogP contribution < -0.4 is 4.90 Å². The fourth-order valence-electron chi connectivity index (χ4n) is 4.35. The Kier molecular flexibility index (Phi) is 5.52. The second kappa shape index (κ2) is 9.12. The molecular weight excluding hydrogens is 438 g/mol. The quantitative estimate of drug-likeness (QED) is 0.351. The smallest absolute Gasteiger partial charge is 0.181 e. The van der Waals surface area contributed by atoms with Gasteiger partial charge in [-0.15, -0.1) is 0 Å². The van der Waals surface area contributed by atoms with Crippen molar-refractivity contribution in [3.63, 3.8) is 0 Å². The maximum atomic E-state index is 11.1. The average Bonchev–Trinajstić information content (AvgIpc) is 3.36. The molecular formula is C28H23N5O2. The van der Waals surface area contributed by atoms with E-state index in [4.69, 9.17) is 19.7 Å². The molecule has 0 bridgehead atoms. The topological polar surface area (TPSA) is 72.6 Å². The summed E-state index contributed by atoms with van der Waals surface area (Å²) in [7, 11) is 0. The van der Waals surface area contributed by atoms with E-state index >= 15 is 0 Å². The van der Waals surface area contributed by atoms with Crippen LogP contribution in [0.4, 0.5) is 5.82 Å². The number of carbonyl (C=O) groups is 1. The molecule has 0 N–H and O–H groups in total. The van der Waals surface area contributed by atoms with Crippen LogP contribution in [0.15, 0.2) is 73.1 Å². The summed E-state index contributed by atoms with van der Waals surface area (Å²) in [5, 5.41) is 1.11. The minimum Gasteiger partial charge on any atom is -0.378 e. The molecule has 0 spiro atoms. The van der Waals surface area contributed by atoms with Crippen molar-refractivity contribution in [3.8, 4) is 11.3 Å². The zero-order valence-electron chi connectivity index (χ0n) is 19.0. The van der Waals surface area contributed by atoms with Crippen LogP contribution in [0.25, 0.3) is 40.0 Å². The second-order valence-corrected chi connectivity index (χ2v) is 8.43. The Morgan fingerprint density at radius 2 is 1.66 bits per heavy atom. The SMILES string of the molecule is O=Cc1ccc(-c2cnc(N3CCOCC3)c3nc(C=Cc4ccc5ccccc5n4)cn23)cc1. The summed E-state index contributed by atoms with van der Waals surface area (Å²) in [6, 6.07) is 19.7. The lowest BCUT2D eigenvalue weighted by molar-refractivity contribution is 0.112. The van der Waals surface area contributed by atoms with Gasteiger partial charge in [0.2, 0.25) is 0 Å². The van der Waals surface area contributed by atoms with E-state index in [0.717, 1.165) is 64.4 Å². The van der Waals surface area contributed by atoms with Gasteiger partial charge >= 0.3 is 0 Å². The summed E-state index contributed by atoms with van der Waals surface area (Å²) in [6.07, 6.45) is 8.69. The van der Waals surface area contributed by atoms with Gasteiger partial charge in [0.25, 0.3) is 0 Å². The Morgan fingerprint density at radius 3 is 2.49 bits per heavy atom. The van der Waals surface area contributed by atoms with E-state index in [1.54, 1.807) is 0 Å². The molecule has 7 heteroatoms. The van der Waals surface area contributed by atoms with Crippen LogP contribution in [0, 0.1) is 0 Å². The van der Waals surface area contributed by atoms with Crippen LogP contribution in [0.2, 0.25) is 0 Å². The molecule has 4 heterocycles. The summed E-state index contributed by atoms with van der Waals surface area (Å²) < 4.78 is 7.60. The number of carbonyl (C=O) groups excluding carboxylic acids is 1. The molecule has 1 saturated heterocycles. The van der Waals surface area contributed by atoms with Crippen LogP contribution in [-0.2, 0) is 4.74 Å². The van der Waals surface area contributed by atoms with Crippen molar-refractivity contribution in [1.29, 1.82) is 0 Å². The number of pyridine rings is 1. The van der Waals surface area contributed by atoms with E-state index in [0.29, 0.717) is 18.8 Å². The molecule has 1 aliphatic heterocycles. The largest absolute Gasteiger partial charge is 0.378 e. The lowest BCUT2D eigenvalue weighted by Crippen LogP contribution is -2.37. The number of hydrogen-bond acceptors (Lipinski definition) is 6. The van der Waals surface area contributed by atoms with Gasteiger partial charge in [0.05, 0.1) is 42.0 Å². The van der Waals surface area contributed by atoms with Gasteiger partial charge in [-0.1, -0.05) is 48.5 Å². The van der Waals surface area contributed by atoms with Crippen LogP contribution in [0.5, 0.6) is 0 Å². The predicted octanol–water partition coefficient (Wildman–Crippen LogP) is 4.76. The summed E-state index contributed by atoms with van der Waals surface area (Å²) in [4.78, 5) is 27.8. The summed E-state index contributed by atoms with van der Waals surface area (Å²) in [6.45, 7) is 2.89. The van der Waals surface area contributed by atoms with Crippen LogP contribution >= 0.6 is 0 Å². The second-order valence-electron chi connectivity index (χ2n) is 8.43. The Balaban J connectivity index is 1.42. The lowest BCUT2D eigenvalue weighted by Gasteiger charge is -2.28. The Bertz CT molecular complexity index is 1550. The minimum atomic E-state index is 0.639. The number of nitrogens with zero attached hydrogens (tertiary/aromatic N) is 5. The third-order valence-corrected chi connectivity index (χ3v) is 6.19. The summed E-state index contributed by atoms with van der Waals surface area (Å²) in [5.74, 6) is 0.838. The first-order valence-corrected chi connectivity index (χ1v) is 11.6. The standard InChI is InChI=1S/C28H23N5O2/c34-19-20-5-7-22(8-6-20)26-17-29-27(32-13-15-35-16-14-32)28-31-24(18-33(26)28)12-11-23-10-9-21-3-1-2-4-25(21)30-23/h1-12,17-19H,13-16H2. The summed E-state index contributed by atoms with van der Waals surface area (Å²) >= 11 is 0. The van der Waals surface area contributed by atoms with E-state index in [-0.39, 0.29) is 0 Å². The van der Waals surface area contributed by atoms with Crippen molar-refractivity contribution in [2.75, 3.05) is 31.2 Å². The highest BCUT2D eigenvalue weighted by Crippen LogP contribution is 2.27. The fraction of sp³-hybridized carbons (Fsp3) is 0.143. The van der Waals surface area contributed by atoms with Crippen LogP contribution in [-0.4, -0.2) is 51.9 Å². The van der Waals surface area contributed by atoms with Gasteiger partial charge in [-0.2, -0.15) is 0 Å². The number of para-hydroxylation sites is 1. The number of imidazole rings is 1. The highest BCUT2D eigenvalue weighted by Gasteiger charge is 2.19. The zero-order valence-corrected chi connectivity index (χ0v) is 19.0. The van der Waals surface area contributed by atoms with Crippen molar-refractivity contribution >= 4 is 40.8 Å². The molecule has 0 saturated carbocycles. The number of benzene rings is 2. The number of hydrogen-bond donors (Lipinski definition) is 0. The number of anilines is 1. The maximum Gasteiger partial charge on any atom is 0.181 e. The van der Waals surface area contributed by atoms with Gasteiger partial charge in [-0.05, 0) is 24.3 Å². The Labute approximate surface area is 202 Å². The molecule has 1 fully saturated rings. The molecule has 172 valence electrons. The predicted molar refractivity (Wildman–Crippen MR) is 138 cm³/mol. The monoisotopic (exact) mass is 461 g/mol. The van der Waals surface area contributed by atoms with Gasteiger partial charge in [0, 0.05) is 35.8 Å². The lowest BCUT2D eigenvalue weighted by atomic mass is 10.1. The molecule has 1 aliphatic rings. The molecule has 6 rings (SSSR count). The molecule has 2 aromatic carbocycles. The number of ether oxygens (including phenoxy) is 1. The van der Waals surface area contributed by atoms with Gasteiger partial charge < -0.3 is 9.64 Å². The van der Waals surface area contributed by atoms with Crippen molar-refractivity contribution in [2.45, 2.75) is 0 Å². The molecule has 3 aromatic heterocycles. The molecule has 5 aromatic rings. The van der Waals surface area contributed by atoms with Gasteiger partial charge in [0.1, 0.15) is 6.29 Å². The van der Waals surface area contributed by atoms with Crippen molar-refractivity contribution in [2.24, 2.45) is 0 Å². The van der Waals surface area contributed by atoms with E-state index in [2.05, 4.69) is 21.4 Å². The number of morpholine rings is 1. The minimum absolute atomic E-state index is 0.639. The highest BCUT2D eigenvalue weighted by atomic mass is 16.5. The number of aromatic nitrogens is 4. The number of fused-ring (bicyclic) bond motifs is 2. The number of rotatable bonds is 5. The average molecular weight is 462 g/mol. The van der Waals surface area contributed by atoms with Gasteiger partial charge in [-0.3, -0.25) is 9.20 Å². The first-order chi connectivity index (χ1) is 17.3. The molecule has 0 amide bonds. The normalized spacial score (nSPS) is 14.2. The van der Waals surface area contributed by atoms with Crippen LogP contribution in [0.1, 0.15) is 21.7 Å². The molecule has 0 aliphatic carbocycles. The molecule has 35 heavy (non-hydrogen) atoms. The fourth-order valence-corrected chi connectivity index (χ4v) is 4.35. The molecule has 0 atom stereocenters. The first kappa shape index (κ1) is 21.2. The van der Waals surface area contributed by atoms with Crippen molar-refractivity contribution in [3.05, 3.63) is 90.0 Å². The third kappa shape index (κ3) is 4.18. The molecule has 0 unspecified atom stereocenters. The third-order valence-electron chi connectivity index (χ3n) is 6.19. The maximum absolute atomic E-state index is 11.1. The van der Waals surface area contributed by atoms with Crippen molar-refractivity contribution < 1.29 is 9.53 Å². The first-order valence-electron chi connectivity index (χ1n) is 11.6. The van der Waals surface area contributed by atoms with E-state index in [1.807, 2.05) is 73.1 Å². The highest BCUT2D eigenvalue weighted by molar-refractivity contribution is 5.81. The van der Waals surface area contributed by atoms with Gasteiger partial charge in [-0.25, -0.2) is 15.0 Å². The summed E-state index contributed by atoms with van der Waals surface area (Å²) in [5.41, 5.74) is 5.95. The zero-order chi connectivity index (χ0) is 23.6. The number of aldehydes is 1. The molecule has 7 nitrogen and oxygen atoms in total. The Hall–Kier alpha value is -4.36. The van der Waals surface area contributed by atoms with E-state index in [9.17, 15) is 4.79 Å². The Morgan fingerprint density at radius 1 is 0.857 bits per heavy atom. The van der Waals surface area contributed by atoms with Crippen molar-refractivity contribution in [1.82, 2.24) is 19.4 Å². The van der Waals surface area contributed by atoms with E-state index < -0.39 is 0 Å². The van der Waals surface area contributed by atoms with Gasteiger partial charge in [0.15, 0.2) is 11.5 Å². The van der Waals surface area contributed by atoms with Crippen LogP contribution in [0.3, 0.4) is 0 Å².